The molecule has 3 rings (SSSR count). The summed E-state index contributed by atoms with van der Waals surface area (Å²) in [6.45, 7) is 2.57. The number of nitrogens with one attached hydrogen (secondary N) is 1. The first-order valence-corrected chi connectivity index (χ1v) is 8.44. The van der Waals surface area contributed by atoms with E-state index in [1.165, 1.54) is 11.3 Å². The van der Waals surface area contributed by atoms with Gasteiger partial charge in [-0.25, -0.2) is 0 Å². The first-order chi connectivity index (χ1) is 11.1. The lowest BCUT2D eigenvalue weighted by atomic mass is 10.1. The second-order valence-corrected chi connectivity index (χ2v) is 6.51. The molecule has 23 heavy (non-hydrogen) atoms. The van der Waals surface area contributed by atoms with Crippen molar-refractivity contribution < 1.29 is 4.79 Å². The van der Waals surface area contributed by atoms with E-state index in [0.29, 0.717) is 17.3 Å². The zero-order valence-electron chi connectivity index (χ0n) is 12.5. The number of halogens is 1. The highest BCUT2D eigenvalue weighted by Crippen LogP contribution is 2.22. The summed E-state index contributed by atoms with van der Waals surface area (Å²) in [7, 11) is 0. The van der Waals surface area contributed by atoms with Gasteiger partial charge in [-0.05, 0) is 36.8 Å². The Morgan fingerprint density at radius 2 is 2.04 bits per heavy atom. The summed E-state index contributed by atoms with van der Waals surface area (Å²) >= 11 is 7.26. The molecule has 0 atom stereocenters. The Kier molecular flexibility index (Phi) is 4.50. The second kappa shape index (κ2) is 6.56. The van der Waals surface area contributed by atoms with E-state index in [2.05, 4.69) is 5.32 Å². The molecular weight excluding hydrogens is 332 g/mol. The molecular formula is C17H15ClN2O2S. The van der Waals surface area contributed by atoms with Gasteiger partial charge < -0.3 is 5.32 Å². The molecule has 6 heteroatoms. The van der Waals surface area contributed by atoms with Gasteiger partial charge in [-0.15, -0.1) is 0 Å². The molecule has 0 aliphatic heterocycles. The molecule has 3 aromatic rings. The fraction of sp³-hybridized carbons (Fsp3) is 0.176. The Hall–Kier alpha value is -2.11. The van der Waals surface area contributed by atoms with Crippen molar-refractivity contribution in [1.29, 1.82) is 0 Å². The monoisotopic (exact) mass is 346 g/mol. The fourth-order valence-electron chi connectivity index (χ4n) is 2.46. The largest absolute Gasteiger partial charge is 0.326 e. The minimum Gasteiger partial charge on any atom is -0.326 e. The smallest absolute Gasteiger partial charge is 0.308 e. The molecule has 4 nitrogen and oxygen atoms in total. The van der Waals surface area contributed by atoms with Gasteiger partial charge in [0.1, 0.15) is 0 Å². The van der Waals surface area contributed by atoms with E-state index in [1.807, 2.05) is 43.3 Å². The van der Waals surface area contributed by atoms with Crippen molar-refractivity contribution in [3.63, 3.8) is 0 Å². The highest BCUT2D eigenvalue weighted by molar-refractivity contribution is 7.16. The molecule has 118 valence electrons. The van der Waals surface area contributed by atoms with Crippen LogP contribution in [0, 0.1) is 0 Å². The third-order valence-corrected chi connectivity index (χ3v) is 4.89. The SMILES string of the molecule is CCn1c(=O)sc2cc(NC(=O)Cc3ccccc3Cl)ccc21. The molecule has 1 amide bonds. The molecule has 0 saturated carbocycles. The van der Waals surface area contributed by atoms with Crippen LogP contribution in [0.25, 0.3) is 10.2 Å². The van der Waals surface area contributed by atoms with Gasteiger partial charge in [-0.3, -0.25) is 14.2 Å². The first-order valence-electron chi connectivity index (χ1n) is 7.25. The third kappa shape index (κ3) is 3.30. The third-order valence-electron chi connectivity index (χ3n) is 3.58. The van der Waals surface area contributed by atoms with E-state index in [1.54, 1.807) is 10.6 Å². The number of amides is 1. The molecule has 1 heterocycles. The van der Waals surface area contributed by atoms with Crippen molar-refractivity contribution in [3.8, 4) is 0 Å². The number of nitrogens with zero attached hydrogens (tertiary/aromatic N) is 1. The first kappa shape index (κ1) is 15.8. The van der Waals surface area contributed by atoms with Gasteiger partial charge in [0.2, 0.25) is 5.91 Å². The molecule has 0 unspecified atom stereocenters. The van der Waals surface area contributed by atoms with Gasteiger partial charge in [-0.2, -0.15) is 0 Å². The quantitative estimate of drug-likeness (QED) is 0.778. The molecule has 1 N–H and O–H groups in total. The lowest BCUT2D eigenvalue weighted by molar-refractivity contribution is -0.115. The topological polar surface area (TPSA) is 51.1 Å². The molecule has 0 aliphatic rings. The molecule has 0 aliphatic carbocycles. The van der Waals surface area contributed by atoms with Crippen LogP contribution in [0.5, 0.6) is 0 Å². The molecule has 0 bridgehead atoms. The van der Waals surface area contributed by atoms with Gasteiger partial charge in [0.25, 0.3) is 0 Å². The van der Waals surface area contributed by atoms with Crippen molar-refractivity contribution in [2.45, 2.75) is 19.9 Å². The van der Waals surface area contributed by atoms with E-state index in [4.69, 9.17) is 11.6 Å². The van der Waals surface area contributed by atoms with Crippen LogP contribution in [0.1, 0.15) is 12.5 Å². The van der Waals surface area contributed by atoms with Gasteiger partial charge in [0.05, 0.1) is 16.6 Å². The van der Waals surface area contributed by atoms with Crippen LogP contribution in [0.4, 0.5) is 5.69 Å². The molecule has 2 aromatic carbocycles. The fourth-order valence-corrected chi connectivity index (χ4v) is 3.66. The second-order valence-electron chi connectivity index (χ2n) is 5.11. The number of anilines is 1. The number of hydrogen-bond donors (Lipinski definition) is 1. The summed E-state index contributed by atoms with van der Waals surface area (Å²) < 4.78 is 2.59. The van der Waals surface area contributed by atoms with Crippen LogP contribution in [-0.2, 0) is 17.8 Å². The maximum atomic E-state index is 12.2. The summed E-state index contributed by atoms with van der Waals surface area (Å²) in [5.41, 5.74) is 2.36. The van der Waals surface area contributed by atoms with Crippen molar-refractivity contribution in [1.82, 2.24) is 4.57 Å². The van der Waals surface area contributed by atoms with E-state index in [-0.39, 0.29) is 17.2 Å². The minimum atomic E-state index is -0.139. The van der Waals surface area contributed by atoms with Crippen LogP contribution in [0.3, 0.4) is 0 Å². The van der Waals surface area contributed by atoms with Gasteiger partial charge in [0, 0.05) is 17.3 Å². The lowest BCUT2D eigenvalue weighted by Crippen LogP contribution is -2.14. The zero-order valence-corrected chi connectivity index (χ0v) is 14.1. The Morgan fingerprint density at radius 1 is 1.26 bits per heavy atom. The van der Waals surface area contributed by atoms with Gasteiger partial charge in [0.15, 0.2) is 0 Å². The summed E-state index contributed by atoms with van der Waals surface area (Å²) in [4.78, 5) is 24.0. The van der Waals surface area contributed by atoms with Crippen LogP contribution in [-0.4, -0.2) is 10.5 Å². The van der Waals surface area contributed by atoms with Gasteiger partial charge >= 0.3 is 4.87 Å². The van der Waals surface area contributed by atoms with E-state index < -0.39 is 0 Å². The summed E-state index contributed by atoms with van der Waals surface area (Å²) in [5.74, 6) is -0.139. The highest BCUT2D eigenvalue weighted by Gasteiger charge is 2.10. The Bertz CT molecular complexity index is 930. The molecule has 0 spiro atoms. The van der Waals surface area contributed by atoms with Crippen LogP contribution in [0.15, 0.2) is 47.3 Å². The van der Waals surface area contributed by atoms with E-state index >= 15 is 0 Å². The number of rotatable bonds is 4. The van der Waals surface area contributed by atoms with E-state index in [0.717, 1.165) is 15.8 Å². The average Bonchev–Trinajstić information content (AvgIpc) is 2.83. The minimum absolute atomic E-state index is 0.0158. The zero-order chi connectivity index (χ0) is 16.4. The predicted octanol–water partition coefficient (Wildman–Crippen LogP) is 3.92. The number of fused-ring (bicyclic) bond motifs is 1. The maximum absolute atomic E-state index is 12.2. The van der Waals surface area contributed by atoms with E-state index in [9.17, 15) is 9.59 Å². The number of carbonyl (C=O) groups is 1. The molecule has 0 radical (unpaired) electrons. The predicted molar refractivity (Wildman–Crippen MR) is 95.5 cm³/mol. The maximum Gasteiger partial charge on any atom is 0.308 e. The number of thiazole rings is 1. The van der Waals surface area contributed by atoms with Gasteiger partial charge in [-0.1, -0.05) is 41.1 Å². The molecule has 0 fully saturated rings. The number of aryl methyl sites for hydroxylation is 1. The van der Waals surface area contributed by atoms with Crippen molar-refractivity contribution in [2.24, 2.45) is 0 Å². The average molecular weight is 347 g/mol. The Labute approximate surface area is 142 Å². The number of hydrogen-bond acceptors (Lipinski definition) is 3. The van der Waals surface area contributed by atoms with Crippen molar-refractivity contribution in [3.05, 3.63) is 62.7 Å². The molecule has 0 saturated heterocycles. The van der Waals surface area contributed by atoms with Crippen LogP contribution < -0.4 is 10.2 Å². The number of benzene rings is 2. The lowest BCUT2D eigenvalue weighted by Gasteiger charge is -2.07. The van der Waals surface area contributed by atoms with Crippen LogP contribution in [0.2, 0.25) is 5.02 Å². The summed E-state index contributed by atoms with van der Waals surface area (Å²) in [6, 6.07) is 12.8. The molecule has 1 aromatic heterocycles. The number of carbonyl (C=O) groups excluding carboxylic acids is 1. The Morgan fingerprint density at radius 3 is 2.78 bits per heavy atom. The normalized spacial score (nSPS) is 10.9. The standard InChI is InChI=1S/C17H15ClN2O2S/c1-2-20-14-8-7-12(10-15(14)23-17(20)22)19-16(21)9-11-5-3-4-6-13(11)18/h3-8,10H,2,9H2,1H3,(H,19,21). The number of aromatic nitrogens is 1. The summed E-state index contributed by atoms with van der Waals surface area (Å²) in [6.07, 6.45) is 0.212. The van der Waals surface area contributed by atoms with Crippen molar-refractivity contribution >= 4 is 44.7 Å². The Balaban J connectivity index is 1.80. The highest BCUT2D eigenvalue weighted by atomic mass is 35.5. The van der Waals surface area contributed by atoms with Crippen molar-refractivity contribution in [2.75, 3.05) is 5.32 Å². The van der Waals surface area contributed by atoms with Crippen LogP contribution >= 0.6 is 22.9 Å². The summed E-state index contributed by atoms with van der Waals surface area (Å²) in [5, 5.41) is 3.43.